The van der Waals surface area contributed by atoms with Gasteiger partial charge >= 0.3 is 0 Å². The van der Waals surface area contributed by atoms with Crippen molar-refractivity contribution in [1.82, 2.24) is 15.0 Å². The van der Waals surface area contributed by atoms with Crippen LogP contribution in [0.15, 0.2) is 73.4 Å². The Balaban J connectivity index is 0.000000180. The molecule has 0 fully saturated rings. The second-order valence-corrected chi connectivity index (χ2v) is 4.18. The summed E-state index contributed by atoms with van der Waals surface area (Å²) in [7, 11) is 0. The van der Waals surface area contributed by atoms with Crippen LogP contribution in [-0.4, -0.2) is 33.8 Å². The fourth-order valence-electron chi connectivity index (χ4n) is 1.33. The van der Waals surface area contributed by atoms with Gasteiger partial charge in [0.2, 0.25) is 0 Å². The van der Waals surface area contributed by atoms with Crippen LogP contribution >= 0.6 is 0 Å². The predicted octanol–water partition coefficient (Wildman–Crippen LogP) is 2.68. The Morgan fingerprint density at radius 2 is 1.38 bits per heavy atom. The molecule has 0 bridgehead atoms. The minimum absolute atomic E-state index is 0.479. The zero-order chi connectivity index (χ0) is 17.5. The Morgan fingerprint density at radius 1 is 0.625 bits per heavy atom. The number of aromatic nitrogens is 3. The number of carbonyl (C=O) groups excluding carboxylic acids is 3. The lowest BCUT2D eigenvalue weighted by molar-refractivity contribution is 0.111. The maximum atomic E-state index is 9.98. The topological polar surface area (TPSA) is 89.9 Å². The molecule has 0 aliphatic heterocycles. The van der Waals surface area contributed by atoms with Gasteiger partial charge in [0.1, 0.15) is 12.0 Å². The number of carbonyl (C=O) groups is 3. The van der Waals surface area contributed by atoms with E-state index in [1.54, 1.807) is 67.3 Å². The number of hydrogen-bond donors (Lipinski definition) is 0. The Hall–Kier alpha value is -3.54. The van der Waals surface area contributed by atoms with Crippen molar-refractivity contribution in [3.63, 3.8) is 0 Å². The van der Waals surface area contributed by atoms with Gasteiger partial charge < -0.3 is 0 Å². The Morgan fingerprint density at radius 3 is 1.75 bits per heavy atom. The normalized spacial score (nSPS) is 8.50. The van der Waals surface area contributed by atoms with E-state index < -0.39 is 0 Å². The number of rotatable bonds is 3. The van der Waals surface area contributed by atoms with Crippen LogP contribution in [0.2, 0.25) is 0 Å². The molecule has 6 nitrogen and oxygen atoms in total. The molecule has 0 aliphatic carbocycles. The van der Waals surface area contributed by atoms with Crippen LogP contribution in [-0.2, 0) is 0 Å². The van der Waals surface area contributed by atoms with Gasteiger partial charge in [0, 0.05) is 42.1 Å². The summed E-state index contributed by atoms with van der Waals surface area (Å²) < 4.78 is 0. The Kier molecular flexibility index (Phi) is 9.29. The van der Waals surface area contributed by atoms with Crippen LogP contribution in [0.1, 0.15) is 31.2 Å². The largest absolute Gasteiger partial charge is 0.298 e. The molecule has 0 aliphatic rings. The molecule has 6 heteroatoms. The molecular formula is C18H15N3O3. The summed E-state index contributed by atoms with van der Waals surface area (Å²) in [6, 6.07) is 12.0. The first-order chi connectivity index (χ1) is 11.8. The fraction of sp³-hybridized carbons (Fsp3) is 0. The zero-order valence-electron chi connectivity index (χ0n) is 12.7. The predicted molar refractivity (Wildman–Crippen MR) is 88.9 cm³/mol. The highest BCUT2D eigenvalue weighted by atomic mass is 16.1. The average molecular weight is 321 g/mol. The Labute approximate surface area is 139 Å². The fourth-order valence-corrected chi connectivity index (χ4v) is 1.33. The summed E-state index contributed by atoms with van der Waals surface area (Å²) in [6.07, 6.45) is 10.2. The van der Waals surface area contributed by atoms with Gasteiger partial charge in [-0.05, 0) is 36.4 Å². The number of aldehydes is 3. The van der Waals surface area contributed by atoms with Crippen LogP contribution in [0.4, 0.5) is 0 Å². The molecule has 3 aromatic heterocycles. The highest BCUT2D eigenvalue weighted by Crippen LogP contribution is 1.88. The van der Waals surface area contributed by atoms with E-state index in [2.05, 4.69) is 15.0 Å². The van der Waals surface area contributed by atoms with Gasteiger partial charge in [-0.25, -0.2) is 0 Å². The maximum absolute atomic E-state index is 9.98. The number of pyridine rings is 3. The first-order valence-corrected chi connectivity index (χ1v) is 6.86. The van der Waals surface area contributed by atoms with Gasteiger partial charge in [-0.2, -0.15) is 0 Å². The first-order valence-electron chi connectivity index (χ1n) is 6.86. The van der Waals surface area contributed by atoms with E-state index in [4.69, 9.17) is 0 Å². The third-order valence-corrected chi connectivity index (χ3v) is 2.47. The van der Waals surface area contributed by atoms with Crippen molar-refractivity contribution in [3.8, 4) is 0 Å². The van der Waals surface area contributed by atoms with Crippen molar-refractivity contribution in [2.24, 2.45) is 0 Å². The van der Waals surface area contributed by atoms with Crippen molar-refractivity contribution in [2.75, 3.05) is 0 Å². The summed E-state index contributed by atoms with van der Waals surface area (Å²) in [6.45, 7) is 0. The molecule has 3 aromatic rings. The third-order valence-electron chi connectivity index (χ3n) is 2.47. The van der Waals surface area contributed by atoms with E-state index in [0.717, 1.165) is 18.9 Å². The van der Waals surface area contributed by atoms with E-state index in [0.29, 0.717) is 16.8 Å². The molecule has 3 heterocycles. The first kappa shape index (κ1) is 18.5. The van der Waals surface area contributed by atoms with Gasteiger partial charge in [-0.1, -0.05) is 6.07 Å². The van der Waals surface area contributed by atoms with Crippen LogP contribution in [0, 0.1) is 0 Å². The van der Waals surface area contributed by atoms with Crippen LogP contribution in [0.25, 0.3) is 0 Å². The molecule has 0 saturated carbocycles. The summed E-state index contributed by atoms with van der Waals surface area (Å²) >= 11 is 0. The lowest BCUT2D eigenvalue weighted by Crippen LogP contribution is -1.80. The van der Waals surface area contributed by atoms with Crippen LogP contribution < -0.4 is 0 Å². The summed E-state index contributed by atoms with van der Waals surface area (Å²) in [5.74, 6) is 0. The van der Waals surface area contributed by atoms with Crippen molar-refractivity contribution >= 4 is 18.9 Å². The molecule has 0 aromatic carbocycles. The van der Waals surface area contributed by atoms with E-state index >= 15 is 0 Å². The minimum atomic E-state index is 0.479. The molecule has 0 amide bonds. The zero-order valence-corrected chi connectivity index (χ0v) is 12.7. The summed E-state index contributed by atoms with van der Waals surface area (Å²) in [5, 5.41) is 0. The van der Waals surface area contributed by atoms with Crippen LogP contribution in [0.3, 0.4) is 0 Å². The minimum Gasteiger partial charge on any atom is -0.298 e. The second kappa shape index (κ2) is 12.0. The van der Waals surface area contributed by atoms with E-state index in [1.165, 1.54) is 6.20 Å². The number of hydrogen-bond acceptors (Lipinski definition) is 6. The third kappa shape index (κ3) is 8.04. The highest BCUT2D eigenvalue weighted by Gasteiger charge is 1.82. The molecule has 0 spiro atoms. The van der Waals surface area contributed by atoms with Crippen molar-refractivity contribution in [2.45, 2.75) is 0 Å². The quantitative estimate of drug-likeness (QED) is 0.689. The highest BCUT2D eigenvalue weighted by molar-refractivity contribution is 5.74. The molecule has 3 rings (SSSR count). The second-order valence-electron chi connectivity index (χ2n) is 4.18. The van der Waals surface area contributed by atoms with E-state index in [9.17, 15) is 14.4 Å². The lowest BCUT2D eigenvalue weighted by atomic mass is 10.3. The van der Waals surface area contributed by atoms with Gasteiger partial charge in [-0.15, -0.1) is 0 Å². The molecular weight excluding hydrogens is 306 g/mol. The monoisotopic (exact) mass is 321 g/mol. The number of nitrogens with zero attached hydrogens (tertiary/aromatic N) is 3. The molecule has 0 radical (unpaired) electrons. The molecule has 0 saturated heterocycles. The SMILES string of the molecule is O=Cc1ccccn1.O=Cc1cccnc1.O=Cc1ccncc1. The van der Waals surface area contributed by atoms with E-state index in [-0.39, 0.29) is 0 Å². The van der Waals surface area contributed by atoms with Crippen molar-refractivity contribution < 1.29 is 14.4 Å². The Bertz CT molecular complexity index is 617. The standard InChI is InChI=1S/3C6H5NO/c8-5-6-1-3-7-4-2-6;8-5-6-2-1-3-7-4-6;8-5-6-3-1-2-4-7-6/h3*1-5H. The summed E-state index contributed by atoms with van der Waals surface area (Å²) in [5.41, 5.74) is 1.76. The van der Waals surface area contributed by atoms with Crippen LogP contribution in [0.5, 0.6) is 0 Å². The van der Waals surface area contributed by atoms with Gasteiger partial charge in [-0.3, -0.25) is 29.3 Å². The molecule has 120 valence electrons. The maximum Gasteiger partial charge on any atom is 0.168 e. The molecule has 0 atom stereocenters. The lowest BCUT2D eigenvalue weighted by Gasteiger charge is -1.81. The van der Waals surface area contributed by atoms with Gasteiger partial charge in [0.15, 0.2) is 12.6 Å². The average Bonchev–Trinajstić information content (AvgIpc) is 2.71. The molecule has 0 unspecified atom stereocenters. The van der Waals surface area contributed by atoms with E-state index in [1.807, 2.05) is 0 Å². The molecule has 0 N–H and O–H groups in total. The molecule has 24 heavy (non-hydrogen) atoms. The van der Waals surface area contributed by atoms with Crippen molar-refractivity contribution in [3.05, 3.63) is 90.3 Å². The van der Waals surface area contributed by atoms with Gasteiger partial charge in [0.25, 0.3) is 0 Å². The smallest absolute Gasteiger partial charge is 0.168 e. The summed E-state index contributed by atoms with van der Waals surface area (Å²) in [4.78, 5) is 41.1. The van der Waals surface area contributed by atoms with Gasteiger partial charge in [0.05, 0.1) is 0 Å². The van der Waals surface area contributed by atoms with Crippen molar-refractivity contribution in [1.29, 1.82) is 0 Å².